The Bertz CT molecular complexity index is 307. The predicted octanol–water partition coefficient (Wildman–Crippen LogP) is 2.23. The van der Waals surface area contributed by atoms with E-state index in [0.29, 0.717) is 26.1 Å². The van der Waals surface area contributed by atoms with E-state index in [0.717, 1.165) is 18.4 Å². The number of esters is 2. The molecule has 1 rings (SSSR count). The Morgan fingerprint density at radius 1 is 1.29 bits per heavy atom. The van der Waals surface area contributed by atoms with E-state index in [1.54, 1.807) is 6.92 Å². The van der Waals surface area contributed by atoms with Crippen molar-refractivity contribution in [3.8, 4) is 0 Å². The van der Waals surface area contributed by atoms with E-state index in [-0.39, 0.29) is 17.9 Å². The van der Waals surface area contributed by atoms with Gasteiger partial charge in [-0.25, -0.2) is 0 Å². The Kier molecular flexibility index (Phi) is 5.73. The van der Waals surface area contributed by atoms with E-state index in [4.69, 9.17) is 9.47 Å². The van der Waals surface area contributed by atoms with Crippen LogP contribution in [0, 0.1) is 5.92 Å². The predicted molar refractivity (Wildman–Crippen MR) is 63.3 cm³/mol. The monoisotopic (exact) mass is 240 g/mol. The molecule has 1 aliphatic carbocycles. The second kappa shape index (κ2) is 7.09. The highest BCUT2D eigenvalue weighted by Gasteiger charge is 2.23. The van der Waals surface area contributed by atoms with Crippen molar-refractivity contribution in [2.75, 3.05) is 13.2 Å². The molecule has 1 atom stereocenters. The van der Waals surface area contributed by atoms with Crippen LogP contribution in [0.4, 0.5) is 0 Å². The summed E-state index contributed by atoms with van der Waals surface area (Å²) in [7, 11) is 0. The first-order valence-corrected chi connectivity index (χ1v) is 6.17. The lowest BCUT2D eigenvalue weighted by atomic mass is 9.88. The second-order valence-electron chi connectivity index (χ2n) is 4.07. The van der Waals surface area contributed by atoms with Crippen LogP contribution in [0.1, 0.15) is 39.5 Å². The van der Waals surface area contributed by atoms with E-state index in [1.165, 1.54) is 0 Å². The lowest BCUT2D eigenvalue weighted by Gasteiger charge is -2.19. The van der Waals surface area contributed by atoms with Gasteiger partial charge in [-0.15, -0.1) is 0 Å². The van der Waals surface area contributed by atoms with Gasteiger partial charge in [-0.3, -0.25) is 9.59 Å². The van der Waals surface area contributed by atoms with Crippen molar-refractivity contribution in [3.63, 3.8) is 0 Å². The first kappa shape index (κ1) is 13.7. The summed E-state index contributed by atoms with van der Waals surface area (Å²) in [6.45, 7) is 4.44. The Labute approximate surface area is 102 Å². The first-order valence-electron chi connectivity index (χ1n) is 6.17. The fourth-order valence-electron chi connectivity index (χ4n) is 1.92. The molecule has 96 valence electrons. The minimum Gasteiger partial charge on any atom is -0.466 e. The van der Waals surface area contributed by atoms with Crippen LogP contribution in [0.3, 0.4) is 0 Å². The molecule has 0 fully saturated rings. The number of rotatable bonds is 5. The van der Waals surface area contributed by atoms with Crippen molar-refractivity contribution < 1.29 is 19.1 Å². The maximum atomic E-state index is 11.5. The molecular weight excluding hydrogens is 220 g/mol. The van der Waals surface area contributed by atoms with E-state index < -0.39 is 0 Å². The van der Waals surface area contributed by atoms with Crippen LogP contribution in [0.2, 0.25) is 0 Å². The third kappa shape index (κ3) is 4.59. The van der Waals surface area contributed by atoms with Crippen LogP contribution in [0.25, 0.3) is 0 Å². The van der Waals surface area contributed by atoms with Crippen molar-refractivity contribution in [1.82, 2.24) is 0 Å². The van der Waals surface area contributed by atoms with Gasteiger partial charge >= 0.3 is 11.9 Å². The minimum atomic E-state index is -0.187. The molecule has 0 N–H and O–H groups in total. The highest BCUT2D eigenvalue weighted by atomic mass is 16.5. The van der Waals surface area contributed by atoms with Crippen LogP contribution in [0.5, 0.6) is 0 Å². The number of allylic oxidation sites excluding steroid dienone is 1. The van der Waals surface area contributed by atoms with Gasteiger partial charge in [0.15, 0.2) is 0 Å². The first-order chi connectivity index (χ1) is 8.17. The van der Waals surface area contributed by atoms with Crippen molar-refractivity contribution in [3.05, 3.63) is 11.6 Å². The molecule has 0 spiro atoms. The SMILES string of the molecule is CCOC(=O)CC1=CC[C@@H](C(=O)OCC)CC1. The normalized spacial score (nSPS) is 19.4. The second-order valence-corrected chi connectivity index (χ2v) is 4.07. The zero-order chi connectivity index (χ0) is 12.7. The summed E-state index contributed by atoms with van der Waals surface area (Å²) in [5.41, 5.74) is 1.07. The summed E-state index contributed by atoms with van der Waals surface area (Å²) in [4.78, 5) is 22.8. The third-order valence-electron chi connectivity index (χ3n) is 2.80. The lowest BCUT2D eigenvalue weighted by Crippen LogP contribution is -2.20. The van der Waals surface area contributed by atoms with Crippen molar-refractivity contribution >= 4 is 11.9 Å². The summed E-state index contributed by atoms with van der Waals surface area (Å²) >= 11 is 0. The fourth-order valence-corrected chi connectivity index (χ4v) is 1.92. The van der Waals surface area contributed by atoms with Crippen LogP contribution in [0.15, 0.2) is 11.6 Å². The molecule has 4 nitrogen and oxygen atoms in total. The summed E-state index contributed by atoms with van der Waals surface area (Å²) in [6, 6.07) is 0. The lowest BCUT2D eigenvalue weighted by molar-refractivity contribution is -0.148. The van der Waals surface area contributed by atoms with Gasteiger partial charge < -0.3 is 9.47 Å². The highest BCUT2D eigenvalue weighted by molar-refractivity contribution is 5.74. The molecule has 0 saturated carbocycles. The zero-order valence-corrected chi connectivity index (χ0v) is 10.5. The van der Waals surface area contributed by atoms with E-state index >= 15 is 0 Å². The molecule has 4 heteroatoms. The van der Waals surface area contributed by atoms with Crippen molar-refractivity contribution in [2.45, 2.75) is 39.5 Å². The highest BCUT2D eigenvalue weighted by Crippen LogP contribution is 2.26. The number of hydrogen-bond acceptors (Lipinski definition) is 4. The smallest absolute Gasteiger partial charge is 0.309 e. The molecule has 0 aliphatic heterocycles. The van der Waals surface area contributed by atoms with E-state index in [2.05, 4.69) is 0 Å². The van der Waals surface area contributed by atoms with Crippen molar-refractivity contribution in [1.29, 1.82) is 0 Å². The largest absolute Gasteiger partial charge is 0.466 e. The van der Waals surface area contributed by atoms with Crippen LogP contribution < -0.4 is 0 Å². The molecule has 0 bridgehead atoms. The molecule has 0 radical (unpaired) electrons. The molecule has 0 saturated heterocycles. The van der Waals surface area contributed by atoms with Crippen molar-refractivity contribution in [2.24, 2.45) is 5.92 Å². The fraction of sp³-hybridized carbons (Fsp3) is 0.692. The number of hydrogen-bond donors (Lipinski definition) is 0. The van der Waals surface area contributed by atoms with Gasteiger partial charge in [0.1, 0.15) is 0 Å². The number of carbonyl (C=O) groups is 2. The molecule has 0 aromatic heterocycles. The Balaban J connectivity index is 2.39. The Hall–Kier alpha value is -1.32. The molecule has 1 aliphatic rings. The third-order valence-corrected chi connectivity index (χ3v) is 2.80. The molecule has 0 aromatic carbocycles. The summed E-state index contributed by atoms with van der Waals surface area (Å²) in [5, 5.41) is 0. The van der Waals surface area contributed by atoms with Crippen LogP contribution >= 0.6 is 0 Å². The average Bonchev–Trinajstić information content (AvgIpc) is 2.30. The summed E-state index contributed by atoms with van der Waals surface area (Å²) in [5.74, 6) is -0.354. The van der Waals surface area contributed by atoms with Gasteiger partial charge in [0.25, 0.3) is 0 Å². The Morgan fingerprint density at radius 3 is 2.53 bits per heavy atom. The topological polar surface area (TPSA) is 52.6 Å². The van der Waals surface area contributed by atoms with Crippen LogP contribution in [-0.4, -0.2) is 25.2 Å². The molecular formula is C13H20O4. The summed E-state index contributed by atoms with van der Waals surface area (Å²) in [6.07, 6.45) is 4.55. The molecule has 0 amide bonds. The van der Waals surface area contributed by atoms with Gasteiger partial charge in [-0.1, -0.05) is 11.6 Å². The van der Waals surface area contributed by atoms with Gasteiger partial charge in [0.2, 0.25) is 0 Å². The Morgan fingerprint density at radius 2 is 2.00 bits per heavy atom. The summed E-state index contributed by atoms with van der Waals surface area (Å²) < 4.78 is 9.86. The maximum absolute atomic E-state index is 11.5. The quantitative estimate of drug-likeness (QED) is 0.546. The maximum Gasteiger partial charge on any atom is 0.309 e. The molecule has 17 heavy (non-hydrogen) atoms. The minimum absolute atomic E-state index is 0.0408. The number of carbonyl (C=O) groups excluding carboxylic acids is 2. The van der Waals surface area contributed by atoms with E-state index in [1.807, 2.05) is 13.0 Å². The zero-order valence-electron chi connectivity index (χ0n) is 10.5. The van der Waals surface area contributed by atoms with Gasteiger partial charge in [-0.2, -0.15) is 0 Å². The average molecular weight is 240 g/mol. The van der Waals surface area contributed by atoms with Gasteiger partial charge in [0.05, 0.1) is 25.6 Å². The van der Waals surface area contributed by atoms with Gasteiger partial charge in [0, 0.05) is 0 Å². The molecule has 0 heterocycles. The van der Waals surface area contributed by atoms with Gasteiger partial charge in [-0.05, 0) is 33.1 Å². The van der Waals surface area contributed by atoms with E-state index in [9.17, 15) is 9.59 Å². The van der Waals surface area contributed by atoms with Crippen LogP contribution in [-0.2, 0) is 19.1 Å². The molecule has 0 aromatic rings. The molecule has 0 unspecified atom stereocenters. The number of ether oxygens (including phenoxy) is 2. The standard InChI is InChI=1S/C13H20O4/c1-3-16-12(14)9-10-5-7-11(8-6-10)13(15)17-4-2/h5,11H,3-4,6-9H2,1-2H3/t11-/m1/s1.